The number of benzene rings is 1. The lowest BCUT2D eigenvalue weighted by molar-refractivity contribution is -0.136. The van der Waals surface area contributed by atoms with Crippen LogP contribution in [0.5, 0.6) is 0 Å². The molecule has 1 N–H and O–H groups in total. The molecule has 1 aromatic carbocycles. The van der Waals surface area contributed by atoms with Crippen molar-refractivity contribution in [2.24, 2.45) is 0 Å². The van der Waals surface area contributed by atoms with Crippen molar-refractivity contribution in [3.63, 3.8) is 0 Å². The highest BCUT2D eigenvalue weighted by atomic mass is 16.5. The second-order valence-electron chi connectivity index (χ2n) is 4.79. The van der Waals surface area contributed by atoms with Crippen molar-refractivity contribution in [1.29, 1.82) is 0 Å². The summed E-state index contributed by atoms with van der Waals surface area (Å²) >= 11 is 0. The Morgan fingerprint density at radius 3 is 2.55 bits per heavy atom. The molecule has 5 heteroatoms. The highest BCUT2D eigenvalue weighted by Crippen LogP contribution is 2.31. The first-order valence-electron chi connectivity index (χ1n) is 6.36. The molecule has 1 heterocycles. The Bertz CT molecular complexity index is 593. The number of ether oxygens (including phenoxy) is 1. The zero-order valence-electron chi connectivity index (χ0n) is 12.1. The number of aryl methyl sites for hydroxylation is 1. The Labute approximate surface area is 118 Å². The molecule has 0 fully saturated rings. The normalized spacial score (nSPS) is 18.9. The fourth-order valence-electron chi connectivity index (χ4n) is 2.35. The lowest BCUT2D eigenvalue weighted by Gasteiger charge is -2.33. The van der Waals surface area contributed by atoms with E-state index in [0.29, 0.717) is 11.3 Å². The summed E-state index contributed by atoms with van der Waals surface area (Å²) in [6.45, 7) is 3.69. The van der Waals surface area contributed by atoms with Gasteiger partial charge in [0, 0.05) is 12.7 Å². The van der Waals surface area contributed by atoms with Crippen LogP contribution in [0.4, 0.5) is 4.79 Å². The number of carbonyl (C=O) groups is 2. The molecular formula is C15H18N2O3. The Balaban J connectivity index is 2.58. The average molecular weight is 274 g/mol. The number of methoxy groups -OCH3 is 1. The lowest BCUT2D eigenvalue weighted by Crippen LogP contribution is -2.46. The summed E-state index contributed by atoms with van der Waals surface area (Å²) in [5, 5.41) is 2.85. The van der Waals surface area contributed by atoms with Crippen LogP contribution >= 0.6 is 0 Å². The summed E-state index contributed by atoms with van der Waals surface area (Å²) in [4.78, 5) is 25.5. The summed E-state index contributed by atoms with van der Waals surface area (Å²) in [7, 11) is 2.97. The van der Waals surface area contributed by atoms with Crippen LogP contribution in [0.15, 0.2) is 35.5 Å². The van der Waals surface area contributed by atoms with E-state index in [2.05, 4.69) is 5.32 Å². The van der Waals surface area contributed by atoms with Crippen LogP contribution in [-0.2, 0) is 9.53 Å². The highest BCUT2D eigenvalue weighted by molar-refractivity contribution is 5.95. The van der Waals surface area contributed by atoms with E-state index in [1.165, 1.54) is 12.0 Å². The maximum Gasteiger partial charge on any atom is 0.337 e. The van der Waals surface area contributed by atoms with Gasteiger partial charge in [-0.1, -0.05) is 24.3 Å². The van der Waals surface area contributed by atoms with Gasteiger partial charge < -0.3 is 15.0 Å². The van der Waals surface area contributed by atoms with Crippen LogP contribution in [0.25, 0.3) is 0 Å². The van der Waals surface area contributed by atoms with Gasteiger partial charge in [-0.3, -0.25) is 0 Å². The van der Waals surface area contributed by atoms with Gasteiger partial charge in [0.1, 0.15) is 0 Å². The third-order valence-corrected chi connectivity index (χ3v) is 3.66. The second-order valence-corrected chi connectivity index (χ2v) is 4.79. The number of hydrogen-bond donors (Lipinski definition) is 1. The average Bonchev–Trinajstić information content (AvgIpc) is 2.44. The van der Waals surface area contributed by atoms with Gasteiger partial charge >= 0.3 is 12.0 Å². The van der Waals surface area contributed by atoms with Crippen LogP contribution in [0.3, 0.4) is 0 Å². The lowest BCUT2D eigenvalue weighted by atomic mass is 9.92. The Morgan fingerprint density at radius 1 is 1.30 bits per heavy atom. The van der Waals surface area contributed by atoms with Crippen molar-refractivity contribution in [1.82, 2.24) is 10.2 Å². The number of nitrogens with zero attached hydrogens (tertiary/aromatic N) is 1. The van der Waals surface area contributed by atoms with Gasteiger partial charge in [-0.15, -0.1) is 0 Å². The van der Waals surface area contributed by atoms with E-state index in [4.69, 9.17) is 4.74 Å². The molecule has 2 amide bonds. The van der Waals surface area contributed by atoms with Crippen molar-refractivity contribution in [2.75, 3.05) is 14.2 Å². The molecule has 1 aliphatic rings. The standard InChI is InChI=1S/C15H18N2O3/c1-9-7-5-6-8-11(9)13-12(14(18)20-4)10(2)17(3)15(19)16-13/h5-8,13H,1-4H3,(H,16,19)/t13-/m0/s1. The third-order valence-electron chi connectivity index (χ3n) is 3.66. The number of esters is 1. The SMILES string of the molecule is COC(=O)C1=C(C)N(C)C(=O)N[C@H]1c1ccccc1C. The number of amides is 2. The Hall–Kier alpha value is -2.30. The number of carbonyl (C=O) groups excluding carboxylic acids is 2. The smallest absolute Gasteiger partial charge is 0.337 e. The molecule has 0 saturated carbocycles. The van der Waals surface area contributed by atoms with Crippen molar-refractivity contribution in [2.45, 2.75) is 19.9 Å². The topological polar surface area (TPSA) is 58.6 Å². The third kappa shape index (κ3) is 2.27. The fraction of sp³-hybridized carbons (Fsp3) is 0.333. The van der Waals surface area contributed by atoms with Gasteiger partial charge in [0.25, 0.3) is 0 Å². The number of rotatable bonds is 2. The minimum absolute atomic E-state index is 0.233. The number of hydrogen-bond acceptors (Lipinski definition) is 3. The van der Waals surface area contributed by atoms with Gasteiger partial charge in [0.2, 0.25) is 0 Å². The van der Waals surface area contributed by atoms with Crippen molar-refractivity contribution >= 4 is 12.0 Å². The van der Waals surface area contributed by atoms with Crippen LogP contribution in [0, 0.1) is 6.92 Å². The highest BCUT2D eigenvalue weighted by Gasteiger charge is 2.35. The summed E-state index contributed by atoms with van der Waals surface area (Å²) in [6.07, 6.45) is 0. The van der Waals surface area contributed by atoms with Gasteiger partial charge in [-0.05, 0) is 25.0 Å². The van der Waals surface area contributed by atoms with Crippen molar-refractivity contribution in [3.05, 3.63) is 46.7 Å². The molecule has 1 atom stereocenters. The molecule has 0 saturated heterocycles. The van der Waals surface area contributed by atoms with E-state index in [1.807, 2.05) is 31.2 Å². The van der Waals surface area contributed by atoms with Gasteiger partial charge in [-0.2, -0.15) is 0 Å². The maximum atomic E-state index is 12.1. The Kier molecular flexibility index (Phi) is 3.79. The van der Waals surface area contributed by atoms with E-state index >= 15 is 0 Å². The zero-order valence-corrected chi connectivity index (χ0v) is 12.1. The van der Waals surface area contributed by atoms with Crippen LogP contribution < -0.4 is 5.32 Å². The first kappa shape index (κ1) is 14.1. The molecule has 1 aliphatic heterocycles. The molecule has 0 aromatic heterocycles. The predicted octanol–water partition coefficient (Wildman–Crippen LogP) is 2.14. The van der Waals surface area contributed by atoms with Crippen molar-refractivity contribution in [3.8, 4) is 0 Å². The predicted molar refractivity (Wildman–Crippen MR) is 74.9 cm³/mol. The van der Waals surface area contributed by atoms with Gasteiger partial charge in [-0.25, -0.2) is 9.59 Å². The maximum absolute atomic E-state index is 12.1. The largest absolute Gasteiger partial charge is 0.466 e. The van der Waals surface area contributed by atoms with E-state index in [0.717, 1.165) is 11.1 Å². The van der Waals surface area contributed by atoms with Crippen molar-refractivity contribution < 1.29 is 14.3 Å². The molecule has 0 aliphatic carbocycles. The van der Waals surface area contributed by atoms with Crippen LogP contribution in [0.2, 0.25) is 0 Å². The summed E-state index contributed by atoms with van der Waals surface area (Å²) in [5.41, 5.74) is 2.98. The van der Waals surface area contributed by atoms with Gasteiger partial charge in [0.05, 0.1) is 18.7 Å². The molecule has 0 radical (unpaired) electrons. The molecule has 0 spiro atoms. The van der Waals surface area contributed by atoms with E-state index in [9.17, 15) is 9.59 Å². The second kappa shape index (κ2) is 5.36. The monoisotopic (exact) mass is 274 g/mol. The molecular weight excluding hydrogens is 256 g/mol. The Morgan fingerprint density at radius 2 is 1.95 bits per heavy atom. The molecule has 5 nitrogen and oxygen atoms in total. The number of urea groups is 1. The fourth-order valence-corrected chi connectivity index (χ4v) is 2.35. The summed E-state index contributed by atoms with van der Waals surface area (Å²) < 4.78 is 4.86. The number of nitrogens with one attached hydrogen (secondary N) is 1. The quantitative estimate of drug-likeness (QED) is 0.841. The minimum atomic E-state index is -0.479. The molecule has 106 valence electrons. The molecule has 0 unspecified atom stereocenters. The zero-order chi connectivity index (χ0) is 14.9. The van der Waals surface area contributed by atoms with E-state index < -0.39 is 12.0 Å². The summed E-state index contributed by atoms with van der Waals surface area (Å²) in [5.74, 6) is -0.428. The minimum Gasteiger partial charge on any atom is -0.466 e. The molecule has 0 bridgehead atoms. The number of allylic oxidation sites excluding steroid dienone is 1. The van der Waals surface area contributed by atoms with Gasteiger partial charge in [0.15, 0.2) is 0 Å². The molecule has 20 heavy (non-hydrogen) atoms. The van der Waals surface area contributed by atoms with Crippen LogP contribution in [0.1, 0.15) is 24.1 Å². The van der Waals surface area contributed by atoms with Crippen LogP contribution in [-0.4, -0.2) is 31.1 Å². The summed E-state index contributed by atoms with van der Waals surface area (Å²) in [6, 6.07) is 6.95. The first-order chi connectivity index (χ1) is 9.47. The molecule has 1 aromatic rings. The molecule has 2 rings (SSSR count). The first-order valence-corrected chi connectivity index (χ1v) is 6.36. The van der Waals surface area contributed by atoms with E-state index in [-0.39, 0.29) is 6.03 Å². The van der Waals surface area contributed by atoms with E-state index in [1.54, 1.807) is 14.0 Å².